The number of carbonyl (C=O) groups is 4. The van der Waals surface area contributed by atoms with E-state index in [4.69, 9.17) is 0 Å². The molecule has 2 aliphatic heterocycles. The van der Waals surface area contributed by atoms with Gasteiger partial charge in [-0.15, -0.1) is 0 Å². The number of allylic oxidation sites excluding steroid dienone is 4. The lowest BCUT2D eigenvalue weighted by molar-refractivity contribution is -0.143. The molecule has 4 bridgehead atoms. The van der Waals surface area contributed by atoms with Crippen molar-refractivity contribution in [1.29, 1.82) is 0 Å². The van der Waals surface area contributed by atoms with Crippen molar-refractivity contribution in [1.82, 2.24) is 9.80 Å². The topological polar surface area (TPSA) is 74.8 Å². The van der Waals surface area contributed by atoms with E-state index in [1.807, 2.05) is 13.8 Å². The molecule has 0 N–H and O–H groups in total. The molecule has 0 aromatic heterocycles. The molecule has 0 aromatic rings. The van der Waals surface area contributed by atoms with Gasteiger partial charge >= 0.3 is 0 Å². The molecule has 0 unspecified atom stereocenters. The lowest BCUT2D eigenvalue weighted by Crippen LogP contribution is -2.38. The van der Waals surface area contributed by atoms with Gasteiger partial charge in [-0.2, -0.15) is 0 Å². The molecule has 6 rings (SSSR count). The van der Waals surface area contributed by atoms with Crippen LogP contribution in [0.5, 0.6) is 0 Å². The smallest absolute Gasteiger partial charge is 0.236 e. The molecule has 4 fully saturated rings. The van der Waals surface area contributed by atoms with Crippen molar-refractivity contribution in [2.75, 3.05) is 13.1 Å². The number of hydrogen-bond donors (Lipinski definition) is 0. The zero-order chi connectivity index (χ0) is 22.4. The molecule has 8 atom stereocenters. The van der Waals surface area contributed by atoms with Crippen LogP contribution in [0.15, 0.2) is 24.3 Å². The second-order valence-corrected chi connectivity index (χ2v) is 11.3. The first-order chi connectivity index (χ1) is 15.3. The minimum absolute atomic E-state index is 0.0145. The van der Waals surface area contributed by atoms with Gasteiger partial charge in [-0.1, -0.05) is 37.1 Å². The van der Waals surface area contributed by atoms with Crippen LogP contribution in [0, 0.1) is 46.3 Å². The van der Waals surface area contributed by atoms with Crippen LogP contribution in [0.4, 0.5) is 0 Å². The third kappa shape index (κ3) is 2.31. The highest BCUT2D eigenvalue weighted by molar-refractivity contribution is 6.09. The molecular formula is C26H32N2O4. The number of hydrogen-bond acceptors (Lipinski definition) is 4. The first-order valence-electron chi connectivity index (χ1n) is 12.4. The zero-order valence-corrected chi connectivity index (χ0v) is 19.0. The molecule has 2 heterocycles. The molecular weight excluding hydrogens is 404 g/mol. The number of imide groups is 2. The van der Waals surface area contributed by atoms with Crippen molar-refractivity contribution in [2.24, 2.45) is 46.3 Å². The van der Waals surface area contributed by atoms with Gasteiger partial charge < -0.3 is 0 Å². The molecule has 4 amide bonds. The summed E-state index contributed by atoms with van der Waals surface area (Å²) in [6.45, 7) is 4.93. The normalized spacial score (nSPS) is 45.2. The largest absolute Gasteiger partial charge is 0.282 e. The molecule has 2 saturated carbocycles. The van der Waals surface area contributed by atoms with Gasteiger partial charge in [0.05, 0.1) is 22.7 Å². The second-order valence-electron chi connectivity index (χ2n) is 11.3. The Bertz CT molecular complexity index is 906. The summed E-state index contributed by atoms with van der Waals surface area (Å²) in [6, 6.07) is 0. The van der Waals surface area contributed by atoms with E-state index in [2.05, 4.69) is 24.3 Å². The Labute approximate surface area is 189 Å². The number of fused-ring (bicyclic) bond motifs is 10. The number of carbonyl (C=O) groups excluding carboxylic acids is 4. The SMILES string of the molecule is C[C@@]12C(=O)N(CCCCCCN3C(=O)[C@H]4[C@H]5C=C[C@H](C5)[C@@]4(C)C3=O)C(=O)[C@@H]1[C@H]1C=C[C@H]2C1. The maximum atomic E-state index is 13.0. The lowest BCUT2D eigenvalue weighted by Gasteiger charge is -2.28. The summed E-state index contributed by atoms with van der Waals surface area (Å²) in [4.78, 5) is 55.0. The Hall–Kier alpha value is -2.24. The summed E-state index contributed by atoms with van der Waals surface area (Å²) < 4.78 is 0. The molecule has 32 heavy (non-hydrogen) atoms. The molecule has 6 aliphatic rings. The Balaban J connectivity index is 0.985. The molecule has 2 saturated heterocycles. The Morgan fingerprint density at radius 2 is 1.09 bits per heavy atom. The standard InChI is InChI=1S/C26H32N2O4/c1-25-17-9-7-15(13-17)19(25)21(29)27(23(25)31)11-5-3-4-6-12-28-22(30)20-16-8-10-18(14-16)26(20,2)24(28)32/h7-10,15-20H,3-6,11-14H2,1-2H3/t15-,16-,17-,18+,19-,20+,25-,26+/m0/s1. The maximum absolute atomic E-state index is 13.0. The Morgan fingerprint density at radius 1 is 0.688 bits per heavy atom. The highest BCUT2D eigenvalue weighted by Gasteiger charge is 2.68. The van der Waals surface area contributed by atoms with E-state index in [-0.39, 0.29) is 59.1 Å². The van der Waals surface area contributed by atoms with Gasteiger partial charge in [0.15, 0.2) is 0 Å². The average molecular weight is 437 g/mol. The van der Waals surface area contributed by atoms with Gasteiger partial charge in [0.25, 0.3) is 0 Å². The van der Waals surface area contributed by atoms with Crippen LogP contribution in [-0.4, -0.2) is 46.5 Å². The van der Waals surface area contributed by atoms with Gasteiger partial charge in [0.2, 0.25) is 23.6 Å². The third-order valence-corrected chi connectivity index (χ3v) is 9.91. The van der Waals surface area contributed by atoms with Crippen molar-refractivity contribution in [3.05, 3.63) is 24.3 Å². The van der Waals surface area contributed by atoms with Gasteiger partial charge in [-0.3, -0.25) is 29.0 Å². The molecule has 6 nitrogen and oxygen atoms in total. The summed E-state index contributed by atoms with van der Waals surface area (Å²) >= 11 is 0. The third-order valence-electron chi connectivity index (χ3n) is 9.91. The van der Waals surface area contributed by atoms with Crippen LogP contribution >= 0.6 is 0 Å². The molecule has 6 heteroatoms. The monoisotopic (exact) mass is 436 g/mol. The van der Waals surface area contributed by atoms with Crippen LogP contribution in [0.2, 0.25) is 0 Å². The number of likely N-dealkylation sites (tertiary alicyclic amines) is 2. The first-order valence-corrected chi connectivity index (χ1v) is 12.4. The van der Waals surface area contributed by atoms with Crippen molar-refractivity contribution >= 4 is 23.6 Å². The molecule has 170 valence electrons. The van der Waals surface area contributed by atoms with Crippen molar-refractivity contribution < 1.29 is 19.2 Å². The summed E-state index contributed by atoms with van der Waals surface area (Å²) in [5, 5.41) is 0. The Morgan fingerprint density at radius 3 is 1.47 bits per heavy atom. The molecule has 0 radical (unpaired) electrons. The van der Waals surface area contributed by atoms with Gasteiger partial charge in [-0.05, 0) is 63.2 Å². The molecule has 4 aliphatic carbocycles. The van der Waals surface area contributed by atoms with E-state index in [1.54, 1.807) is 0 Å². The van der Waals surface area contributed by atoms with E-state index in [1.165, 1.54) is 9.80 Å². The predicted molar refractivity (Wildman–Crippen MR) is 117 cm³/mol. The summed E-state index contributed by atoms with van der Waals surface area (Å²) in [5.74, 6) is 0.619. The first kappa shape index (κ1) is 20.4. The van der Waals surface area contributed by atoms with Crippen molar-refractivity contribution in [3.8, 4) is 0 Å². The van der Waals surface area contributed by atoms with Crippen LogP contribution in [0.3, 0.4) is 0 Å². The molecule has 0 spiro atoms. The van der Waals surface area contributed by atoms with Gasteiger partial charge in [-0.25, -0.2) is 0 Å². The van der Waals surface area contributed by atoms with Crippen LogP contribution in [-0.2, 0) is 19.2 Å². The Kier molecular flexibility index (Phi) is 4.23. The van der Waals surface area contributed by atoms with E-state index in [0.717, 1.165) is 38.5 Å². The lowest BCUT2D eigenvalue weighted by atomic mass is 9.71. The minimum atomic E-state index is -0.532. The van der Waals surface area contributed by atoms with Crippen molar-refractivity contribution in [3.63, 3.8) is 0 Å². The van der Waals surface area contributed by atoms with E-state index < -0.39 is 10.8 Å². The fourth-order valence-corrected chi connectivity index (χ4v) is 8.09. The van der Waals surface area contributed by atoms with E-state index >= 15 is 0 Å². The van der Waals surface area contributed by atoms with Gasteiger partial charge in [0.1, 0.15) is 0 Å². The zero-order valence-electron chi connectivity index (χ0n) is 19.0. The van der Waals surface area contributed by atoms with Crippen LogP contribution < -0.4 is 0 Å². The quantitative estimate of drug-likeness (QED) is 0.349. The van der Waals surface area contributed by atoms with Crippen LogP contribution in [0.25, 0.3) is 0 Å². The second kappa shape index (κ2) is 6.64. The summed E-state index contributed by atoms with van der Waals surface area (Å²) in [7, 11) is 0. The number of amides is 4. The van der Waals surface area contributed by atoms with E-state index in [0.29, 0.717) is 13.1 Å². The maximum Gasteiger partial charge on any atom is 0.236 e. The predicted octanol–water partition coefficient (Wildman–Crippen LogP) is 2.94. The highest BCUT2D eigenvalue weighted by Crippen LogP contribution is 2.61. The number of unbranched alkanes of at least 4 members (excludes halogenated alkanes) is 3. The minimum Gasteiger partial charge on any atom is -0.282 e. The highest BCUT2D eigenvalue weighted by atomic mass is 16.2. The average Bonchev–Trinajstić information content (AvgIpc) is 3.57. The summed E-state index contributed by atoms with van der Waals surface area (Å²) in [6.07, 6.45) is 13.7. The van der Waals surface area contributed by atoms with E-state index in [9.17, 15) is 19.2 Å². The fourth-order valence-electron chi connectivity index (χ4n) is 8.09. The number of nitrogens with zero attached hydrogens (tertiary/aromatic N) is 2. The fraction of sp³-hybridized carbons (Fsp3) is 0.692. The summed E-state index contributed by atoms with van der Waals surface area (Å²) in [5.41, 5.74) is -1.06. The molecule has 0 aromatic carbocycles. The van der Waals surface area contributed by atoms with Crippen LogP contribution in [0.1, 0.15) is 52.4 Å². The van der Waals surface area contributed by atoms with Gasteiger partial charge in [0, 0.05) is 13.1 Å². The number of rotatable bonds is 7. The van der Waals surface area contributed by atoms with Crippen molar-refractivity contribution in [2.45, 2.75) is 52.4 Å².